The van der Waals surface area contributed by atoms with Crippen LogP contribution in [0.2, 0.25) is 0 Å². The first kappa shape index (κ1) is 18.2. The van der Waals surface area contributed by atoms with E-state index in [0.717, 1.165) is 59.2 Å². The Labute approximate surface area is 154 Å². The van der Waals surface area contributed by atoms with Crippen LogP contribution in [0.1, 0.15) is 48.3 Å². The molecule has 0 aliphatic heterocycles. The van der Waals surface area contributed by atoms with Crippen LogP contribution in [0, 0.1) is 13.8 Å². The van der Waals surface area contributed by atoms with Gasteiger partial charge in [0.1, 0.15) is 0 Å². The third-order valence-electron chi connectivity index (χ3n) is 5.88. The van der Waals surface area contributed by atoms with E-state index in [0.29, 0.717) is 34.7 Å². The lowest BCUT2D eigenvalue weighted by Gasteiger charge is -2.29. The Balaban J connectivity index is 2.13. The predicted molar refractivity (Wildman–Crippen MR) is 113 cm³/mol. The zero-order valence-electron chi connectivity index (χ0n) is 15.6. The summed E-state index contributed by atoms with van der Waals surface area (Å²) in [5, 5.41) is 0. The van der Waals surface area contributed by atoms with E-state index in [2.05, 4.69) is 0 Å². The van der Waals surface area contributed by atoms with Crippen LogP contribution in [0.3, 0.4) is 0 Å². The zero-order chi connectivity index (χ0) is 19.2. The van der Waals surface area contributed by atoms with Gasteiger partial charge in [-0.15, -0.1) is 0 Å². The number of rotatable bonds is 2. The van der Waals surface area contributed by atoms with E-state index in [1.165, 1.54) is 0 Å². The predicted octanol–water partition coefficient (Wildman–Crippen LogP) is 2.87. The van der Waals surface area contributed by atoms with Crippen molar-refractivity contribution in [2.24, 2.45) is 5.73 Å². The Bertz CT molecular complexity index is 850. The third kappa shape index (κ3) is 2.90. The monoisotopic (exact) mass is 354 g/mol. The highest BCUT2D eigenvalue weighted by Crippen LogP contribution is 2.45. The van der Waals surface area contributed by atoms with Crippen LogP contribution in [-0.2, 0) is 0 Å². The summed E-state index contributed by atoms with van der Waals surface area (Å²) < 4.78 is 0. The first-order valence-corrected chi connectivity index (χ1v) is 9.10. The Morgan fingerprint density at radius 3 is 1.96 bits per heavy atom. The van der Waals surface area contributed by atoms with Gasteiger partial charge in [-0.1, -0.05) is 0 Å². The highest BCUT2D eigenvalue weighted by atomic mass is 14.7. The van der Waals surface area contributed by atoms with Crippen molar-refractivity contribution in [3.63, 3.8) is 0 Å². The minimum Gasteiger partial charge on any atom is -0.398 e. The second-order valence-corrected chi connectivity index (χ2v) is 7.55. The van der Waals surface area contributed by atoms with E-state index in [-0.39, 0.29) is 0 Å². The second-order valence-electron chi connectivity index (χ2n) is 7.55. The largest absolute Gasteiger partial charge is 0.398 e. The maximum absolute atomic E-state index is 6.53. The molecule has 1 aliphatic rings. The number of benzene rings is 2. The normalized spacial score (nSPS) is 20.3. The Morgan fingerprint density at radius 2 is 1.35 bits per heavy atom. The lowest BCUT2D eigenvalue weighted by molar-refractivity contribution is 0.396. The highest BCUT2D eigenvalue weighted by molar-refractivity contribution is 5.95. The number of nitrogens with two attached hydrogens (primary N) is 6. The first-order valence-electron chi connectivity index (χ1n) is 9.10. The van der Waals surface area contributed by atoms with Gasteiger partial charge >= 0.3 is 0 Å². The van der Waals surface area contributed by atoms with Gasteiger partial charge in [-0.25, -0.2) is 0 Å². The van der Waals surface area contributed by atoms with Gasteiger partial charge < -0.3 is 34.4 Å². The van der Waals surface area contributed by atoms with Crippen LogP contribution in [0.4, 0.5) is 28.4 Å². The van der Waals surface area contributed by atoms with Crippen molar-refractivity contribution < 1.29 is 0 Å². The molecule has 0 saturated heterocycles. The molecule has 0 heterocycles. The summed E-state index contributed by atoms with van der Waals surface area (Å²) in [6.07, 6.45) is 4.12. The minimum absolute atomic E-state index is 0.297. The van der Waals surface area contributed by atoms with Gasteiger partial charge in [0, 0.05) is 34.2 Å². The number of nitrogen functional groups attached to an aromatic ring is 5. The lowest BCUT2D eigenvalue weighted by atomic mass is 9.79. The van der Waals surface area contributed by atoms with Gasteiger partial charge in [0.2, 0.25) is 0 Å². The topological polar surface area (TPSA) is 156 Å². The SMILES string of the molecule is Cc1c(N)c(N)cc(-c2c(N)cc(C3CCC(N)CC3)c(N)c2C)c1N. The molecule has 1 fully saturated rings. The molecule has 0 amide bonds. The number of hydrogen-bond acceptors (Lipinski definition) is 6. The average molecular weight is 355 g/mol. The molecule has 12 N–H and O–H groups in total. The molecule has 0 bridgehead atoms. The van der Waals surface area contributed by atoms with Crippen LogP contribution in [0.25, 0.3) is 11.1 Å². The molecular weight excluding hydrogens is 324 g/mol. The van der Waals surface area contributed by atoms with E-state index in [1.54, 1.807) is 6.07 Å². The van der Waals surface area contributed by atoms with Crippen molar-refractivity contribution in [2.75, 3.05) is 28.7 Å². The van der Waals surface area contributed by atoms with Gasteiger partial charge in [-0.05, 0) is 74.3 Å². The second kappa shape index (κ2) is 6.61. The summed E-state index contributed by atoms with van der Waals surface area (Å²) >= 11 is 0. The van der Waals surface area contributed by atoms with Gasteiger partial charge in [-0.2, -0.15) is 0 Å². The summed E-state index contributed by atoms with van der Waals surface area (Å²) in [6.45, 7) is 3.85. The van der Waals surface area contributed by atoms with E-state index in [4.69, 9.17) is 34.4 Å². The Morgan fingerprint density at radius 1 is 0.731 bits per heavy atom. The van der Waals surface area contributed by atoms with Crippen molar-refractivity contribution in [3.8, 4) is 11.1 Å². The molecule has 1 saturated carbocycles. The van der Waals surface area contributed by atoms with E-state index < -0.39 is 0 Å². The average Bonchev–Trinajstić information content (AvgIpc) is 2.61. The summed E-state index contributed by atoms with van der Waals surface area (Å²) in [5.41, 5.74) is 44.9. The Kier molecular flexibility index (Phi) is 4.63. The fourth-order valence-electron chi connectivity index (χ4n) is 4.09. The van der Waals surface area contributed by atoms with Crippen molar-refractivity contribution in [2.45, 2.75) is 51.5 Å². The standard InChI is InChI=1S/C20H30N6/c1-9-17(14-8-16(23)20(26)10(2)19(14)25)15(22)7-13(18(9)24)11-3-5-12(21)6-4-11/h7-8,11-12H,3-6,21-26H2,1-2H3. The molecule has 26 heavy (non-hydrogen) atoms. The third-order valence-corrected chi connectivity index (χ3v) is 5.88. The number of hydrogen-bond donors (Lipinski definition) is 6. The van der Waals surface area contributed by atoms with Crippen molar-refractivity contribution in [1.29, 1.82) is 0 Å². The van der Waals surface area contributed by atoms with E-state index in [9.17, 15) is 0 Å². The molecular formula is C20H30N6. The summed E-state index contributed by atoms with van der Waals surface area (Å²) in [6, 6.07) is 4.08. The van der Waals surface area contributed by atoms with Crippen molar-refractivity contribution in [1.82, 2.24) is 0 Å². The molecule has 3 rings (SSSR count). The summed E-state index contributed by atoms with van der Waals surface area (Å²) in [4.78, 5) is 0. The van der Waals surface area contributed by atoms with Crippen LogP contribution >= 0.6 is 0 Å². The smallest absolute Gasteiger partial charge is 0.0598 e. The molecule has 0 radical (unpaired) electrons. The maximum atomic E-state index is 6.53. The fourth-order valence-corrected chi connectivity index (χ4v) is 4.09. The fraction of sp³-hybridized carbons (Fsp3) is 0.400. The zero-order valence-corrected chi connectivity index (χ0v) is 15.6. The molecule has 2 aromatic rings. The lowest BCUT2D eigenvalue weighted by Crippen LogP contribution is -2.26. The van der Waals surface area contributed by atoms with Gasteiger partial charge in [-0.3, -0.25) is 0 Å². The van der Waals surface area contributed by atoms with Crippen LogP contribution in [-0.4, -0.2) is 6.04 Å². The molecule has 0 unspecified atom stereocenters. The molecule has 6 heteroatoms. The first-order chi connectivity index (χ1) is 12.2. The van der Waals surface area contributed by atoms with Gasteiger partial charge in [0.25, 0.3) is 0 Å². The molecule has 140 valence electrons. The van der Waals surface area contributed by atoms with Crippen LogP contribution in [0.15, 0.2) is 12.1 Å². The molecule has 1 aliphatic carbocycles. The summed E-state index contributed by atoms with van der Waals surface area (Å²) in [5.74, 6) is 0.403. The Hall–Kier alpha value is -2.60. The van der Waals surface area contributed by atoms with E-state index in [1.807, 2.05) is 19.9 Å². The highest BCUT2D eigenvalue weighted by Gasteiger charge is 2.25. The minimum atomic E-state index is 0.297. The molecule has 0 aromatic heterocycles. The van der Waals surface area contributed by atoms with Gasteiger partial charge in [0.15, 0.2) is 0 Å². The maximum Gasteiger partial charge on any atom is 0.0598 e. The van der Waals surface area contributed by atoms with E-state index >= 15 is 0 Å². The molecule has 0 atom stereocenters. The molecule has 0 spiro atoms. The summed E-state index contributed by atoms with van der Waals surface area (Å²) in [7, 11) is 0. The van der Waals surface area contributed by atoms with Gasteiger partial charge in [0.05, 0.1) is 11.4 Å². The quantitative estimate of drug-likeness (QED) is 0.455. The number of anilines is 5. The van der Waals surface area contributed by atoms with Crippen molar-refractivity contribution in [3.05, 3.63) is 28.8 Å². The van der Waals surface area contributed by atoms with Crippen molar-refractivity contribution >= 4 is 28.4 Å². The molecule has 2 aromatic carbocycles. The molecule has 6 nitrogen and oxygen atoms in total. The van der Waals surface area contributed by atoms with Crippen LogP contribution in [0.5, 0.6) is 0 Å². The van der Waals surface area contributed by atoms with Crippen LogP contribution < -0.4 is 34.4 Å².